The van der Waals surface area contributed by atoms with Crippen LogP contribution in [0.25, 0.3) is 0 Å². The van der Waals surface area contributed by atoms with E-state index in [4.69, 9.17) is 5.84 Å². The Morgan fingerprint density at radius 1 is 1.57 bits per heavy atom. The second-order valence-electron chi connectivity index (χ2n) is 5.57. The summed E-state index contributed by atoms with van der Waals surface area (Å²) < 4.78 is 0. The summed E-state index contributed by atoms with van der Waals surface area (Å²) in [7, 11) is 0. The van der Waals surface area contributed by atoms with Gasteiger partial charge in [-0.15, -0.1) is 0 Å². The molecule has 2 rings (SSSR count). The van der Waals surface area contributed by atoms with Crippen molar-refractivity contribution in [2.24, 2.45) is 11.8 Å². The van der Waals surface area contributed by atoms with Crippen LogP contribution in [0.5, 0.6) is 0 Å². The summed E-state index contributed by atoms with van der Waals surface area (Å²) in [6.07, 6.45) is 3.69. The van der Waals surface area contributed by atoms with Crippen LogP contribution in [0.4, 0.5) is 5.82 Å². The molecule has 0 bridgehead atoms. The molecule has 1 aliphatic heterocycles. The molecule has 1 atom stereocenters. The van der Waals surface area contributed by atoms with Gasteiger partial charge in [-0.3, -0.25) is 4.79 Å². The smallest absolute Gasteiger partial charge is 0.254 e. The van der Waals surface area contributed by atoms with Gasteiger partial charge in [0.25, 0.3) is 5.91 Å². The molecule has 1 aromatic heterocycles. The van der Waals surface area contributed by atoms with E-state index in [1.807, 2.05) is 11.0 Å². The molecule has 2 heterocycles. The molecule has 0 spiro atoms. The second-order valence-corrected chi connectivity index (χ2v) is 5.57. The van der Waals surface area contributed by atoms with E-state index in [2.05, 4.69) is 17.3 Å². The van der Waals surface area contributed by atoms with Crippen LogP contribution in [0, 0.1) is 5.92 Å². The molecule has 0 radical (unpaired) electrons. The molecular weight excluding hydrogens is 268 g/mol. The topological polar surface area (TPSA) is 91.5 Å². The van der Waals surface area contributed by atoms with Crippen molar-refractivity contribution in [3.8, 4) is 0 Å². The van der Waals surface area contributed by atoms with Gasteiger partial charge in [-0.2, -0.15) is 0 Å². The standard InChI is InChI=1S/C15H24N4O2/c1-2-4-13-7-12(8-14(17-13)18-16)15(21)19-6-3-5-11(9-19)10-20/h7-8,11,20H,2-6,9-10,16H2,1H3,(H,17,18). The number of anilines is 1. The normalized spacial score (nSPS) is 18.6. The van der Waals surface area contributed by atoms with Gasteiger partial charge < -0.3 is 15.4 Å². The van der Waals surface area contributed by atoms with Crippen LogP contribution in [-0.4, -0.2) is 40.6 Å². The van der Waals surface area contributed by atoms with Gasteiger partial charge in [0, 0.05) is 31.0 Å². The zero-order valence-electron chi connectivity index (χ0n) is 12.5. The number of hydrazine groups is 1. The number of nitrogens with zero attached hydrogens (tertiary/aromatic N) is 2. The van der Waals surface area contributed by atoms with Gasteiger partial charge in [-0.1, -0.05) is 13.3 Å². The number of piperidine rings is 1. The first kappa shape index (κ1) is 15.7. The Kier molecular flexibility index (Phi) is 5.52. The zero-order chi connectivity index (χ0) is 15.2. The molecule has 1 saturated heterocycles. The molecule has 1 aliphatic rings. The van der Waals surface area contributed by atoms with Crippen LogP contribution in [-0.2, 0) is 6.42 Å². The Hall–Kier alpha value is -1.66. The van der Waals surface area contributed by atoms with E-state index in [0.29, 0.717) is 17.9 Å². The summed E-state index contributed by atoms with van der Waals surface area (Å²) in [5.74, 6) is 6.13. The third kappa shape index (κ3) is 3.92. The fourth-order valence-electron chi connectivity index (χ4n) is 2.75. The van der Waals surface area contributed by atoms with Gasteiger partial charge in [0.05, 0.1) is 0 Å². The van der Waals surface area contributed by atoms with Crippen LogP contribution < -0.4 is 11.3 Å². The van der Waals surface area contributed by atoms with E-state index < -0.39 is 0 Å². The monoisotopic (exact) mass is 292 g/mol. The largest absolute Gasteiger partial charge is 0.396 e. The highest BCUT2D eigenvalue weighted by molar-refractivity contribution is 5.95. The maximum atomic E-state index is 12.6. The average molecular weight is 292 g/mol. The molecule has 1 amide bonds. The van der Waals surface area contributed by atoms with Crippen LogP contribution in [0.15, 0.2) is 12.1 Å². The highest BCUT2D eigenvalue weighted by atomic mass is 16.3. The van der Waals surface area contributed by atoms with Crippen molar-refractivity contribution in [1.29, 1.82) is 0 Å². The first-order valence-electron chi connectivity index (χ1n) is 7.55. The van der Waals surface area contributed by atoms with Gasteiger partial charge in [-0.25, -0.2) is 10.8 Å². The number of aliphatic hydroxyl groups excluding tert-OH is 1. The second kappa shape index (κ2) is 7.38. The molecule has 0 aromatic carbocycles. The molecule has 1 unspecified atom stereocenters. The van der Waals surface area contributed by atoms with Crippen molar-refractivity contribution in [3.63, 3.8) is 0 Å². The average Bonchev–Trinajstić information content (AvgIpc) is 2.54. The lowest BCUT2D eigenvalue weighted by Crippen LogP contribution is -2.41. The molecule has 0 saturated carbocycles. The first-order chi connectivity index (χ1) is 10.2. The third-order valence-corrected chi connectivity index (χ3v) is 3.84. The van der Waals surface area contributed by atoms with Crippen molar-refractivity contribution >= 4 is 11.7 Å². The molecule has 4 N–H and O–H groups in total. The van der Waals surface area contributed by atoms with Crippen molar-refractivity contribution in [2.75, 3.05) is 25.1 Å². The lowest BCUT2D eigenvalue weighted by atomic mass is 9.98. The lowest BCUT2D eigenvalue weighted by molar-refractivity contribution is 0.0620. The van der Waals surface area contributed by atoms with Crippen LogP contribution in [0.2, 0.25) is 0 Å². The Morgan fingerprint density at radius 2 is 2.38 bits per heavy atom. The summed E-state index contributed by atoms with van der Waals surface area (Å²) in [6, 6.07) is 3.53. The van der Waals surface area contributed by atoms with E-state index in [1.165, 1.54) is 0 Å². The number of carbonyl (C=O) groups is 1. The highest BCUT2D eigenvalue weighted by Gasteiger charge is 2.24. The quantitative estimate of drug-likeness (QED) is 0.559. The molecular formula is C15H24N4O2. The lowest BCUT2D eigenvalue weighted by Gasteiger charge is -2.32. The Morgan fingerprint density at radius 3 is 3.05 bits per heavy atom. The van der Waals surface area contributed by atoms with Crippen molar-refractivity contribution in [1.82, 2.24) is 9.88 Å². The number of rotatable bonds is 5. The fraction of sp³-hybridized carbons (Fsp3) is 0.600. The molecule has 1 fully saturated rings. The Balaban J connectivity index is 2.19. The number of aromatic nitrogens is 1. The molecule has 0 aliphatic carbocycles. The Labute approximate surface area is 125 Å². The van der Waals surface area contributed by atoms with Gasteiger partial charge in [0.2, 0.25) is 0 Å². The van der Waals surface area contributed by atoms with Gasteiger partial charge >= 0.3 is 0 Å². The van der Waals surface area contributed by atoms with Gasteiger partial charge in [-0.05, 0) is 37.3 Å². The fourth-order valence-corrected chi connectivity index (χ4v) is 2.75. The minimum Gasteiger partial charge on any atom is -0.396 e. The van der Waals surface area contributed by atoms with E-state index >= 15 is 0 Å². The number of nitrogens with one attached hydrogen (secondary N) is 1. The number of likely N-dealkylation sites (tertiary alicyclic amines) is 1. The summed E-state index contributed by atoms with van der Waals surface area (Å²) >= 11 is 0. The summed E-state index contributed by atoms with van der Waals surface area (Å²) in [5.41, 5.74) is 4.00. The van der Waals surface area contributed by atoms with Gasteiger partial charge in [0.1, 0.15) is 5.82 Å². The van der Waals surface area contributed by atoms with E-state index in [-0.39, 0.29) is 18.4 Å². The van der Waals surface area contributed by atoms with Crippen molar-refractivity contribution in [2.45, 2.75) is 32.6 Å². The number of carbonyl (C=O) groups excluding carboxylic acids is 1. The molecule has 116 valence electrons. The minimum absolute atomic E-state index is 0.00981. The molecule has 21 heavy (non-hydrogen) atoms. The number of nitrogen functional groups attached to an aromatic ring is 1. The number of nitrogens with two attached hydrogens (primary N) is 1. The summed E-state index contributed by atoms with van der Waals surface area (Å²) in [6.45, 7) is 3.57. The number of hydrogen-bond acceptors (Lipinski definition) is 5. The molecule has 6 heteroatoms. The van der Waals surface area contributed by atoms with Gasteiger partial charge in [0.15, 0.2) is 0 Å². The van der Waals surface area contributed by atoms with E-state index in [1.54, 1.807) is 6.07 Å². The third-order valence-electron chi connectivity index (χ3n) is 3.84. The maximum Gasteiger partial charge on any atom is 0.254 e. The van der Waals surface area contributed by atoms with Crippen LogP contribution >= 0.6 is 0 Å². The van der Waals surface area contributed by atoms with E-state index in [0.717, 1.165) is 37.9 Å². The minimum atomic E-state index is -0.00981. The predicted molar refractivity (Wildman–Crippen MR) is 81.8 cm³/mol. The number of amides is 1. The van der Waals surface area contributed by atoms with Crippen molar-refractivity contribution < 1.29 is 9.90 Å². The number of aryl methyl sites for hydroxylation is 1. The first-order valence-corrected chi connectivity index (χ1v) is 7.55. The van der Waals surface area contributed by atoms with Crippen molar-refractivity contribution in [3.05, 3.63) is 23.4 Å². The number of pyridine rings is 1. The highest BCUT2D eigenvalue weighted by Crippen LogP contribution is 2.20. The maximum absolute atomic E-state index is 12.6. The molecule has 1 aromatic rings. The zero-order valence-corrected chi connectivity index (χ0v) is 12.5. The van der Waals surface area contributed by atoms with E-state index in [9.17, 15) is 9.90 Å². The number of hydrogen-bond donors (Lipinski definition) is 3. The summed E-state index contributed by atoms with van der Waals surface area (Å²) in [5, 5.41) is 9.28. The summed E-state index contributed by atoms with van der Waals surface area (Å²) in [4.78, 5) is 18.8. The van der Waals surface area contributed by atoms with Crippen LogP contribution in [0.3, 0.4) is 0 Å². The number of aliphatic hydroxyl groups is 1. The SMILES string of the molecule is CCCc1cc(C(=O)N2CCCC(CO)C2)cc(NN)n1. The Bertz CT molecular complexity index is 493. The van der Waals surface area contributed by atoms with Crippen LogP contribution in [0.1, 0.15) is 42.2 Å². The predicted octanol–water partition coefficient (Wildman–Crippen LogP) is 1.16. The molecule has 6 nitrogen and oxygen atoms in total.